The number of hydrogen-bond acceptors (Lipinski definition) is 5. The van der Waals surface area contributed by atoms with Crippen molar-refractivity contribution in [2.24, 2.45) is 5.92 Å². The number of piperidine rings is 1. The molecule has 1 aromatic heterocycles. The molecule has 0 unspecified atom stereocenters. The molecule has 1 aromatic carbocycles. The summed E-state index contributed by atoms with van der Waals surface area (Å²) in [4.78, 5) is 24.2. The van der Waals surface area contributed by atoms with E-state index in [1.807, 2.05) is 6.07 Å². The number of nitriles is 1. The molecule has 2 saturated heterocycles. The van der Waals surface area contributed by atoms with E-state index in [-0.39, 0.29) is 5.92 Å². The zero-order chi connectivity index (χ0) is 22.5. The number of hydrogen-bond donors (Lipinski definition) is 0. The van der Waals surface area contributed by atoms with Crippen LogP contribution >= 0.6 is 0 Å². The largest absolute Gasteiger partial charge is 0.357 e. The minimum atomic E-state index is 0.111. The summed E-state index contributed by atoms with van der Waals surface area (Å²) in [5.74, 6) is 1.88. The predicted molar refractivity (Wildman–Crippen MR) is 126 cm³/mol. The van der Waals surface area contributed by atoms with Gasteiger partial charge in [-0.3, -0.25) is 9.69 Å². The number of amides is 1. The average molecular weight is 432 g/mol. The highest BCUT2D eigenvalue weighted by atomic mass is 16.2. The third-order valence-electron chi connectivity index (χ3n) is 6.78. The van der Waals surface area contributed by atoms with Crippen molar-refractivity contribution in [2.75, 3.05) is 44.2 Å². The lowest BCUT2D eigenvalue weighted by Gasteiger charge is -2.38. The van der Waals surface area contributed by atoms with E-state index in [0.29, 0.717) is 17.4 Å². The van der Waals surface area contributed by atoms with Crippen molar-refractivity contribution in [1.82, 2.24) is 14.8 Å². The first-order chi connectivity index (χ1) is 15.5. The van der Waals surface area contributed by atoms with Crippen molar-refractivity contribution in [1.29, 1.82) is 5.26 Å². The Labute approximate surface area is 191 Å². The smallest absolute Gasteiger partial charge is 0.225 e. The monoisotopic (exact) mass is 431 g/mol. The minimum Gasteiger partial charge on any atom is -0.357 e. The van der Waals surface area contributed by atoms with Crippen molar-refractivity contribution in [3.63, 3.8) is 0 Å². The molecule has 168 valence electrons. The molecular formula is C26H33N5O. The molecule has 3 heterocycles. The van der Waals surface area contributed by atoms with E-state index in [4.69, 9.17) is 5.26 Å². The highest BCUT2D eigenvalue weighted by Gasteiger charge is 2.30. The molecule has 0 bridgehead atoms. The van der Waals surface area contributed by atoms with Crippen LogP contribution in [0, 0.1) is 17.2 Å². The maximum Gasteiger partial charge on any atom is 0.225 e. The summed E-state index contributed by atoms with van der Waals surface area (Å²) in [6.07, 6.45) is 3.34. The Balaban J connectivity index is 1.23. The number of rotatable bonds is 5. The number of anilines is 1. The van der Waals surface area contributed by atoms with Gasteiger partial charge in [-0.1, -0.05) is 38.1 Å². The van der Waals surface area contributed by atoms with Crippen LogP contribution in [-0.4, -0.2) is 60.0 Å². The van der Waals surface area contributed by atoms with Crippen molar-refractivity contribution >= 4 is 11.7 Å². The highest BCUT2D eigenvalue weighted by Crippen LogP contribution is 2.24. The lowest BCUT2D eigenvalue weighted by Crippen LogP contribution is -2.51. The topological polar surface area (TPSA) is 63.5 Å². The van der Waals surface area contributed by atoms with Gasteiger partial charge in [0.2, 0.25) is 5.91 Å². The molecule has 0 N–H and O–H groups in total. The van der Waals surface area contributed by atoms with E-state index in [0.717, 1.165) is 64.5 Å². The Hall–Kier alpha value is -2.91. The molecule has 2 aliphatic heterocycles. The van der Waals surface area contributed by atoms with Gasteiger partial charge in [-0.2, -0.15) is 5.26 Å². The molecule has 0 saturated carbocycles. The summed E-state index contributed by atoms with van der Waals surface area (Å²) in [6, 6.07) is 14.8. The van der Waals surface area contributed by atoms with Gasteiger partial charge >= 0.3 is 0 Å². The Morgan fingerprint density at radius 2 is 1.72 bits per heavy atom. The molecule has 4 rings (SSSR count). The molecule has 0 spiro atoms. The standard InChI is InChI=1S/C26H33N5O/c1-20(2)23-6-3-21(4-7-23)19-29-13-15-31(16-14-29)26(32)24-9-11-30(12-10-24)25-8-5-22(17-27)18-28-25/h3-8,18,20,24H,9-16,19H2,1-2H3. The van der Waals surface area contributed by atoms with Gasteiger partial charge in [0, 0.05) is 57.9 Å². The van der Waals surface area contributed by atoms with Crippen LogP contribution in [0.25, 0.3) is 0 Å². The number of nitrogens with zero attached hydrogens (tertiary/aromatic N) is 5. The summed E-state index contributed by atoms with van der Waals surface area (Å²) in [7, 11) is 0. The van der Waals surface area contributed by atoms with Crippen LogP contribution in [0.5, 0.6) is 0 Å². The van der Waals surface area contributed by atoms with Crippen LogP contribution in [0.15, 0.2) is 42.6 Å². The number of carbonyl (C=O) groups excluding carboxylic acids is 1. The fourth-order valence-corrected chi connectivity index (χ4v) is 4.65. The number of piperazine rings is 1. The second-order valence-electron chi connectivity index (χ2n) is 9.28. The van der Waals surface area contributed by atoms with Crippen LogP contribution in [0.3, 0.4) is 0 Å². The van der Waals surface area contributed by atoms with Gasteiger partial charge in [-0.25, -0.2) is 4.98 Å². The molecule has 2 fully saturated rings. The SMILES string of the molecule is CC(C)c1ccc(CN2CCN(C(=O)C3CCN(c4ccc(C#N)cn4)CC3)CC2)cc1. The van der Waals surface area contributed by atoms with Gasteiger partial charge in [0.05, 0.1) is 5.56 Å². The van der Waals surface area contributed by atoms with E-state index >= 15 is 0 Å². The number of carbonyl (C=O) groups is 1. The van der Waals surface area contributed by atoms with E-state index in [1.165, 1.54) is 11.1 Å². The summed E-state index contributed by atoms with van der Waals surface area (Å²) in [6.45, 7) is 10.6. The zero-order valence-corrected chi connectivity index (χ0v) is 19.2. The molecule has 32 heavy (non-hydrogen) atoms. The molecule has 6 heteroatoms. The van der Waals surface area contributed by atoms with Gasteiger partial charge in [0.15, 0.2) is 0 Å². The Bertz CT molecular complexity index is 932. The zero-order valence-electron chi connectivity index (χ0n) is 19.2. The number of benzene rings is 1. The van der Waals surface area contributed by atoms with Crippen LogP contribution in [0.1, 0.15) is 49.3 Å². The van der Waals surface area contributed by atoms with Crippen molar-refractivity contribution < 1.29 is 4.79 Å². The van der Waals surface area contributed by atoms with E-state index in [2.05, 4.69) is 63.9 Å². The summed E-state index contributed by atoms with van der Waals surface area (Å²) < 4.78 is 0. The number of aromatic nitrogens is 1. The Kier molecular flexibility index (Phi) is 7.06. The third kappa shape index (κ3) is 5.28. The van der Waals surface area contributed by atoms with Crippen LogP contribution in [0.4, 0.5) is 5.82 Å². The van der Waals surface area contributed by atoms with Gasteiger partial charge in [0.1, 0.15) is 11.9 Å². The van der Waals surface area contributed by atoms with Crippen molar-refractivity contribution in [2.45, 2.75) is 39.2 Å². The third-order valence-corrected chi connectivity index (χ3v) is 6.78. The fraction of sp³-hybridized carbons (Fsp3) is 0.500. The quantitative estimate of drug-likeness (QED) is 0.723. The van der Waals surface area contributed by atoms with E-state index in [1.54, 1.807) is 12.3 Å². The first-order valence-corrected chi connectivity index (χ1v) is 11.7. The second-order valence-corrected chi connectivity index (χ2v) is 9.28. The van der Waals surface area contributed by atoms with Crippen LogP contribution < -0.4 is 4.90 Å². The highest BCUT2D eigenvalue weighted by molar-refractivity contribution is 5.79. The van der Waals surface area contributed by atoms with Gasteiger partial charge in [-0.05, 0) is 42.0 Å². The van der Waals surface area contributed by atoms with Gasteiger partial charge < -0.3 is 9.80 Å². The summed E-state index contributed by atoms with van der Waals surface area (Å²) in [5, 5.41) is 8.93. The van der Waals surface area contributed by atoms with Gasteiger partial charge in [-0.15, -0.1) is 0 Å². The maximum atomic E-state index is 13.1. The lowest BCUT2D eigenvalue weighted by atomic mass is 9.95. The van der Waals surface area contributed by atoms with Crippen molar-refractivity contribution in [3.05, 3.63) is 59.3 Å². The molecule has 0 radical (unpaired) electrons. The lowest BCUT2D eigenvalue weighted by molar-refractivity contribution is -0.138. The van der Waals surface area contributed by atoms with E-state index < -0.39 is 0 Å². The summed E-state index contributed by atoms with van der Waals surface area (Å²) >= 11 is 0. The maximum absolute atomic E-state index is 13.1. The normalized spacial score (nSPS) is 18.1. The average Bonchev–Trinajstić information content (AvgIpc) is 2.84. The molecule has 6 nitrogen and oxygen atoms in total. The summed E-state index contributed by atoms with van der Waals surface area (Å²) in [5.41, 5.74) is 3.30. The van der Waals surface area contributed by atoms with Crippen LogP contribution in [-0.2, 0) is 11.3 Å². The Morgan fingerprint density at radius 3 is 2.28 bits per heavy atom. The predicted octanol–water partition coefficient (Wildman–Crippen LogP) is 3.64. The first kappa shape index (κ1) is 22.3. The molecule has 2 aliphatic rings. The minimum absolute atomic E-state index is 0.111. The van der Waals surface area contributed by atoms with Crippen molar-refractivity contribution in [3.8, 4) is 6.07 Å². The molecule has 0 atom stereocenters. The fourth-order valence-electron chi connectivity index (χ4n) is 4.65. The molecule has 1 amide bonds. The molecule has 2 aromatic rings. The molecular weight excluding hydrogens is 398 g/mol. The first-order valence-electron chi connectivity index (χ1n) is 11.7. The second kappa shape index (κ2) is 10.1. The Morgan fingerprint density at radius 1 is 1.03 bits per heavy atom. The number of pyridine rings is 1. The van der Waals surface area contributed by atoms with Crippen LogP contribution in [0.2, 0.25) is 0 Å². The van der Waals surface area contributed by atoms with E-state index in [9.17, 15) is 4.79 Å². The van der Waals surface area contributed by atoms with Gasteiger partial charge in [0.25, 0.3) is 0 Å². The molecule has 0 aliphatic carbocycles.